The summed E-state index contributed by atoms with van der Waals surface area (Å²) in [5.74, 6) is -1.11. The van der Waals surface area contributed by atoms with Crippen LogP contribution in [-0.4, -0.2) is 56.6 Å². The molecule has 0 saturated carbocycles. The molecule has 2 aliphatic heterocycles. The van der Waals surface area contributed by atoms with Crippen molar-refractivity contribution in [2.45, 2.75) is 24.9 Å². The molecule has 7 nitrogen and oxygen atoms in total. The Morgan fingerprint density at radius 3 is 2.88 bits per heavy atom. The first-order valence-electron chi connectivity index (χ1n) is 8.12. The van der Waals surface area contributed by atoms with E-state index in [1.807, 2.05) is 0 Å². The minimum Gasteiger partial charge on any atom is -0.406 e. The van der Waals surface area contributed by atoms with Crippen molar-refractivity contribution in [3.63, 3.8) is 0 Å². The Labute approximate surface area is 147 Å². The highest BCUT2D eigenvalue weighted by Crippen LogP contribution is 2.29. The maximum Gasteiger partial charge on any atom is 0.573 e. The Kier molecular flexibility index (Phi) is 5.33. The molecule has 2 N–H and O–H groups in total. The summed E-state index contributed by atoms with van der Waals surface area (Å²) >= 11 is 0. The van der Waals surface area contributed by atoms with Gasteiger partial charge in [0.15, 0.2) is 0 Å². The average molecular weight is 373 g/mol. The van der Waals surface area contributed by atoms with Gasteiger partial charge in [0.25, 0.3) is 0 Å². The number of amides is 2. The maximum absolute atomic E-state index is 12.5. The largest absolute Gasteiger partial charge is 0.573 e. The fourth-order valence-electron chi connectivity index (χ4n) is 2.92. The SMILES string of the molecule is O=C(NC1CCN(c2cccc(OC(F)(F)F)c2)C1=O)C1COCCN1. The summed E-state index contributed by atoms with van der Waals surface area (Å²) in [4.78, 5) is 26.0. The molecule has 2 aliphatic rings. The number of alkyl halides is 3. The molecule has 1 aromatic carbocycles. The Morgan fingerprint density at radius 2 is 2.19 bits per heavy atom. The quantitative estimate of drug-likeness (QED) is 0.816. The third-order valence-electron chi connectivity index (χ3n) is 4.12. The lowest BCUT2D eigenvalue weighted by atomic mass is 10.2. The normalized spacial score (nSPS) is 23.8. The first-order valence-corrected chi connectivity index (χ1v) is 8.12. The van der Waals surface area contributed by atoms with E-state index in [-0.39, 0.29) is 30.7 Å². The Morgan fingerprint density at radius 1 is 1.38 bits per heavy atom. The number of ether oxygens (including phenoxy) is 2. The van der Waals surface area contributed by atoms with Crippen LogP contribution < -0.4 is 20.3 Å². The fraction of sp³-hybridized carbons (Fsp3) is 0.500. The molecule has 0 aliphatic carbocycles. The molecule has 2 unspecified atom stereocenters. The van der Waals surface area contributed by atoms with Gasteiger partial charge in [0.2, 0.25) is 11.8 Å². The molecular formula is C16H18F3N3O4. The number of nitrogens with one attached hydrogen (secondary N) is 2. The van der Waals surface area contributed by atoms with E-state index in [0.717, 1.165) is 12.1 Å². The number of morpholine rings is 1. The molecule has 26 heavy (non-hydrogen) atoms. The van der Waals surface area contributed by atoms with Crippen LogP contribution in [0.3, 0.4) is 0 Å². The van der Waals surface area contributed by atoms with Gasteiger partial charge in [-0.3, -0.25) is 9.59 Å². The van der Waals surface area contributed by atoms with Crippen molar-refractivity contribution in [3.8, 4) is 5.75 Å². The Hall–Kier alpha value is -2.33. The summed E-state index contributed by atoms with van der Waals surface area (Å²) in [6.07, 6.45) is -4.44. The van der Waals surface area contributed by atoms with Gasteiger partial charge in [-0.2, -0.15) is 0 Å². The lowest BCUT2D eigenvalue weighted by Crippen LogP contribution is -2.54. The zero-order valence-corrected chi connectivity index (χ0v) is 13.7. The zero-order valence-electron chi connectivity index (χ0n) is 13.7. The highest BCUT2D eigenvalue weighted by molar-refractivity contribution is 6.01. The van der Waals surface area contributed by atoms with E-state index in [2.05, 4.69) is 15.4 Å². The van der Waals surface area contributed by atoms with Crippen molar-refractivity contribution in [2.24, 2.45) is 0 Å². The number of nitrogens with zero attached hydrogens (tertiary/aromatic N) is 1. The van der Waals surface area contributed by atoms with Crippen molar-refractivity contribution >= 4 is 17.5 Å². The Bertz CT molecular complexity index is 677. The molecule has 2 saturated heterocycles. The molecule has 142 valence electrons. The van der Waals surface area contributed by atoms with Gasteiger partial charge in [-0.05, 0) is 18.6 Å². The topological polar surface area (TPSA) is 79.9 Å². The molecule has 0 aromatic heterocycles. The highest BCUT2D eigenvalue weighted by atomic mass is 19.4. The maximum atomic E-state index is 12.5. The van der Waals surface area contributed by atoms with Crippen molar-refractivity contribution in [1.82, 2.24) is 10.6 Å². The second-order valence-electron chi connectivity index (χ2n) is 5.97. The van der Waals surface area contributed by atoms with Crippen LogP contribution in [0.15, 0.2) is 24.3 Å². The van der Waals surface area contributed by atoms with Gasteiger partial charge in [0.05, 0.1) is 13.2 Å². The van der Waals surface area contributed by atoms with Gasteiger partial charge in [0, 0.05) is 24.8 Å². The monoisotopic (exact) mass is 373 g/mol. The lowest BCUT2D eigenvalue weighted by Gasteiger charge is -2.24. The standard InChI is InChI=1S/C16H18F3N3O4/c17-16(18,19)26-11-3-1-2-10(8-11)22-6-4-12(15(22)24)21-14(23)13-9-25-7-5-20-13/h1-3,8,12-13,20H,4-7,9H2,(H,21,23). The van der Waals surface area contributed by atoms with Gasteiger partial charge in [-0.25, -0.2) is 0 Å². The average Bonchev–Trinajstić information content (AvgIpc) is 2.95. The van der Waals surface area contributed by atoms with Crippen LogP contribution in [0.1, 0.15) is 6.42 Å². The number of anilines is 1. The second kappa shape index (κ2) is 7.50. The molecule has 2 fully saturated rings. The van der Waals surface area contributed by atoms with Crippen LogP contribution in [-0.2, 0) is 14.3 Å². The summed E-state index contributed by atoms with van der Waals surface area (Å²) in [5.41, 5.74) is 0.285. The van der Waals surface area contributed by atoms with Gasteiger partial charge >= 0.3 is 6.36 Å². The van der Waals surface area contributed by atoms with Crippen LogP contribution >= 0.6 is 0 Å². The molecule has 2 atom stereocenters. The fourth-order valence-corrected chi connectivity index (χ4v) is 2.92. The number of carbonyl (C=O) groups is 2. The third kappa shape index (κ3) is 4.44. The Balaban J connectivity index is 1.63. The molecular weight excluding hydrogens is 355 g/mol. The first-order chi connectivity index (χ1) is 12.3. The molecule has 0 bridgehead atoms. The molecule has 10 heteroatoms. The van der Waals surface area contributed by atoms with Crippen LogP contribution in [0.5, 0.6) is 5.75 Å². The molecule has 0 spiro atoms. The van der Waals surface area contributed by atoms with Crippen molar-refractivity contribution in [1.29, 1.82) is 0 Å². The summed E-state index contributed by atoms with van der Waals surface area (Å²) < 4.78 is 46.1. The van der Waals surface area contributed by atoms with Crippen LogP contribution in [0.2, 0.25) is 0 Å². The highest BCUT2D eigenvalue weighted by Gasteiger charge is 2.36. The van der Waals surface area contributed by atoms with Crippen LogP contribution in [0.4, 0.5) is 18.9 Å². The molecule has 3 rings (SSSR count). The van der Waals surface area contributed by atoms with Gasteiger partial charge in [0.1, 0.15) is 17.8 Å². The number of hydrogen-bond donors (Lipinski definition) is 2. The zero-order chi connectivity index (χ0) is 18.7. The van der Waals surface area contributed by atoms with Gasteiger partial charge in [-0.15, -0.1) is 13.2 Å². The van der Waals surface area contributed by atoms with E-state index >= 15 is 0 Å². The first kappa shape index (κ1) is 18.5. The molecule has 0 radical (unpaired) electrons. The van der Waals surface area contributed by atoms with E-state index in [1.165, 1.54) is 17.0 Å². The summed E-state index contributed by atoms with van der Waals surface area (Å²) in [6.45, 7) is 1.59. The van der Waals surface area contributed by atoms with E-state index < -0.39 is 24.2 Å². The number of carbonyl (C=O) groups excluding carboxylic acids is 2. The summed E-state index contributed by atoms with van der Waals surface area (Å²) in [5, 5.41) is 5.66. The second-order valence-corrected chi connectivity index (χ2v) is 5.97. The van der Waals surface area contributed by atoms with Crippen molar-refractivity contribution < 1.29 is 32.2 Å². The number of halogens is 3. The minimum atomic E-state index is -4.81. The van der Waals surface area contributed by atoms with Gasteiger partial charge in [-0.1, -0.05) is 6.07 Å². The smallest absolute Gasteiger partial charge is 0.406 e. The number of benzene rings is 1. The van der Waals surface area contributed by atoms with Crippen molar-refractivity contribution in [2.75, 3.05) is 31.2 Å². The molecule has 1 aromatic rings. The van der Waals surface area contributed by atoms with Crippen LogP contribution in [0, 0.1) is 0 Å². The third-order valence-corrected chi connectivity index (χ3v) is 4.12. The van der Waals surface area contributed by atoms with E-state index in [4.69, 9.17) is 4.74 Å². The van der Waals surface area contributed by atoms with Crippen molar-refractivity contribution in [3.05, 3.63) is 24.3 Å². The summed E-state index contributed by atoms with van der Waals surface area (Å²) in [7, 11) is 0. The van der Waals surface area contributed by atoms with Gasteiger partial charge < -0.3 is 25.0 Å². The van der Waals surface area contributed by atoms with E-state index in [9.17, 15) is 22.8 Å². The lowest BCUT2D eigenvalue weighted by molar-refractivity contribution is -0.274. The van der Waals surface area contributed by atoms with E-state index in [0.29, 0.717) is 19.6 Å². The number of rotatable bonds is 4. The minimum absolute atomic E-state index is 0.229. The molecule has 2 heterocycles. The predicted octanol–water partition coefficient (Wildman–Crippen LogP) is 0.795. The number of hydrogen-bond acceptors (Lipinski definition) is 5. The summed E-state index contributed by atoms with van der Waals surface area (Å²) in [6, 6.07) is 3.95. The molecule has 2 amide bonds. The van der Waals surface area contributed by atoms with E-state index in [1.54, 1.807) is 0 Å². The van der Waals surface area contributed by atoms with Crippen LogP contribution in [0.25, 0.3) is 0 Å². The predicted molar refractivity (Wildman–Crippen MR) is 84.6 cm³/mol.